The van der Waals surface area contributed by atoms with Gasteiger partial charge in [-0.15, -0.1) is 0 Å². The Morgan fingerprint density at radius 3 is 2.17 bits per heavy atom. The van der Waals surface area contributed by atoms with Gasteiger partial charge in [0, 0.05) is 10.0 Å². The highest BCUT2D eigenvalue weighted by Crippen LogP contribution is 2.26. The number of halogens is 2. The average molecular weight is 275 g/mol. The van der Waals surface area contributed by atoms with E-state index >= 15 is 0 Å². The van der Waals surface area contributed by atoms with Crippen molar-refractivity contribution in [1.29, 1.82) is 5.26 Å². The van der Waals surface area contributed by atoms with Crippen LogP contribution in [0.25, 0.3) is 0 Å². The lowest BCUT2D eigenvalue weighted by Crippen LogP contribution is -1.91. The van der Waals surface area contributed by atoms with Crippen LogP contribution in [-0.4, -0.2) is 0 Å². The first kappa shape index (κ1) is 13.0. The summed E-state index contributed by atoms with van der Waals surface area (Å²) in [5.41, 5.74) is 2.63. The monoisotopic (exact) mass is 274 g/mol. The Hall–Kier alpha value is -1.49. The fourth-order valence-corrected chi connectivity index (χ4v) is 2.19. The third kappa shape index (κ3) is 3.04. The molecule has 0 atom stereocenters. The van der Waals surface area contributed by atoms with E-state index in [0.29, 0.717) is 15.6 Å². The molecule has 0 heterocycles. The van der Waals surface area contributed by atoms with Gasteiger partial charge >= 0.3 is 0 Å². The first-order valence-electron chi connectivity index (χ1n) is 5.47. The molecule has 0 saturated heterocycles. The molecule has 0 aliphatic carbocycles. The second-order valence-corrected chi connectivity index (χ2v) is 4.67. The Labute approximate surface area is 117 Å². The average Bonchev–Trinajstić information content (AvgIpc) is 2.39. The molecule has 0 aromatic heterocycles. The SMILES string of the molecule is N#Cc1ccc(C[CH]c2c(Cl)cccc2Cl)cc1. The maximum absolute atomic E-state index is 8.72. The quantitative estimate of drug-likeness (QED) is 0.799. The van der Waals surface area contributed by atoms with Gasteiger partial charge in [-0.25, -0.2) is 0 Å². The van der Waals surface area contributed by atoms with Gasteiger partial charge in [-0.1, -0.05) is 41.4 Å². The highest BCUT2D eigenvalue weighted by atomic mass is 35.5. The van der Waals surface area contributed by atoms with Crippen LogP contribution in [-0.2, 0) is 6.42 Å². The van der Waals surface area contributed by atoms with Crippen LogP contribution < -0.4 is 0 Å². The van der Waals surface area contributed by atoms with Crippen LogP contribution in [0.1, 0.15) is 16.7 Å². The molecule has 2 aromatic rings. The largest absolute Gasteiger partial charge is 0.192 e. The van der Waals surface area contributed by atoms with Crippen LogP contribution in [0.15, 0.2) is 42.5 Å². The smallest absolute Gasteiger partial charge is 0.0991 e. The van der Waals surface area contributed by atoms with Crippen LogP contribution >= 0.6 is 23.2 Å². The van der Waals surface area contributed by atoms with Crippen LogP contribution in [0.2, 0.25) is 10.0 Å². The molecule has 0 amide bonds. The molecule has 2 rings (SSSR count). The zero-order valence-corrected chi connectivity index (χ0v) is 11.0. The van der Waals surface area contributed by atoms with Gasteiger partial charge in [-0.05, 0) is 48.2 Å². The topological polar surface area (TPSA) is 23.8 Å². The predicted molar refractivity (Wildman–Crippen MR) is 74.7 cm³/mol. The van der Waals surface area contributed by atoms with Crippen LogP contribution in [0, 0.1) is 17.8 Å². The minimum absolute atomic E-state index is 0.649. The van der Waals surface area contributed by atoms with Crippen LogP contribution in [0.4, 0.5) is 0 Å². The summed E-state index contributed by atoms with van der Waals surface area (Å²) in [6.07, 6.45) is 2.72. The molecule has 3 heteroatoms. The first-order chi connectivity index (χ1) is 8.70. The summed E-state index contributed by atoms with van der Waals surface area (Å²) < 4.78 is 0. The molecule has 0 N–H and O–H groups in total. The molecule has 0 bridgehead atoms. The number of nitriles is 1. The molecule has 0 saturated carbocycles. The Kier molecular flexibility index (Phi) is 4.25. The molecule has 2 aromatic carbocycles. The minimum atomic E-state index is 0.649. The van der Waals surface area contributed by atoms with Crippen LogP contribution in [0.5, 0.6) is 0 Å². The Morgan fingerprint density at radius 2 is 1.61 bits per heavy atom. The predicted octanol–water partition coefficient (Wildman–Crippen LogP) is 4.66. The van der Waals surface area contributed by atoms with Gasteiger partial charge in [-0.3, -0.25) is 0 Å². The van der Waals surface area contributed by atoms with E-state index in [1.54, 1.807) is 12.1 Å². The van der Waals surface area contributed by atoms with Gasteiger partial charge in [0.05, 0.1) is 11.6 Å². The number of nitrogens with zero attached hydrogens (tertiary/aromatic N) is 1. The third-order valence-electron chi connectivity index (χ3n) is 2.62. The molecule has 0 unspecified atom stereocenters. The fourth-order valence-electron chi connectivity index (χ4n) is 1.64. The summed E-state index contributed by atoms with van der Waals surface area (Å²) in [5, 5.41) is 10.0. The van der Waals surface area contributed by atoms with E-state index in [1.165, 1.54) is 0 Å². The van der Waals surface area contributed by atoms with Crippen LogP contribution in [0.3, 0.4) is 0 Å². The summed E-state index contributed by atoms with van der Waals surface area (Å²) in [4.78, 5) is 0. The second kappa shape index (κ2) is 5.91. The third-order valence-corrected chi connectivity index (χ3v) is 3.28. The summed E-state index contributed by atoms with van der Waals surface area (Å²) >= 11 is 12.2. The molecule has 0 fully saturated rings. The zero-order valence-electron chi connectivity index (χ0n) is 9.53. The Balaban J connectivity index is 2.09. The summed E-state index contributed by atoms with van der Waals surface area (Å²) in [5.74, 6) is 0. The van der Waals surface area contributed by atoms with Gasteiger partial charge in [0.15, 0.2) is 0 Å². The normalized spacial score (nSPS) is 10.1. The van der Waals surface area contributed by atoms with E-state index in [2.05, 4.69) is 6.07 Å². The summed E-state index contributed by atoms with van der Waals surface area (Å²) in [6.45, 7) is 0. The van der Waals surface area contributed by atoms with Crippen molar-refractivity contribution >= 4 is 23.2 Å². The number of hydrogen-bond donors (Lipinski definition) is 0. The van der Waals surface area contributed by atoms with E-state index in [0.717, 1.165) is 17.5 Å². The Bertz CT molecular complexity index is 562. The van der Waals surface area contributed by atoms with Crippen molar-refractivity contribution in [2.24, 2.45) is 0 Å². The Morgan fingerprint density at radius 1 is 1.00 bits per heavy atom. The van der Waals surface area contributed by atoms with E-state index in [-0.39, 0.29) is 0 Å². The fraction of sp³-hybridized carbons (Fsp3) is 0.0667. The van der Waals surface area contributed by atoms with Crippen molar-refractivity contribution in [2.45, 2.75) is 6.42 Å². The molecule has 1 nitrogen and oxygen atoms in total. The molecule has 1 radical (unpaired) electrons. The number of benzene rings is 2. The zero-order chi connectivity index (χ0) is 13.0. The lowest BCUT2D eigenvalue weighted by Gasteiger charge is -2.06. The van der Waals surface area contributed by atoms with E-state index in [4.69, 9.17) is 28.5 Å². The summed E-state index contributed by atoms with van der Waals surface area (Å²) in [7, 11) is 0. The molecule has 18 heavy (non-hydrogen) atoms. The lowest BCUT2D eigenvalue weighted by molar-refractivity contribution is 1.16. The first-order valence-corrected chi connectivity index (χ1v) is 6.22. The van der Waals surface area contributed by atoms with Crippen molar-refractivity contribution in [3.05, 3.63) is 75.6 Å². The van der Waals surface area contributed by atoms with Crippen molar-refractivity contribution < 1.29 is 0 Å². The second-order valence-electron chi connectivity index (χ2n) is 3.85. The van der Waals surface area contributed by atoms with E-state index in [9.17, 15) is 0 Å². The van der Waals surface area contributed by atoms with Gasteiger partial charge in [0.2, 0.25) is 0 Å². The molecular weight excluding hydrogens is 265 g/mol. The molecule has 0 aliphatic rings. The van der Waals surface area contributed by atoms with Crippen molar-refractivity contribution in [1.82, 2.24) is 0 Å². The van der Waals surface area contributed by atoms with Gasteiger partial charge in [0.1, 0.15) is 0 Å². The molecular formula is C15H10Cl2N. The maximum atomic E-state index is 8.72. The number of rotatable bonds is 3. The standard InChI is InChI=1S/C15H10Cl2N/c16-14-2-1-3-15(17)13(14)9-8-11-4-6-12(10-18)7-5-11/h1-7,9H,8H2. The summed E-state index contributed by atoms with van der Waals surface area (Å²) in [6, 6.07) is 15.0. The minimum Gasteiger partial charge on any atom is -0.192 e. The highest BCUT2D eigenvalue weighted by Gasteiger charge is 2.05. The van der Waals surface area contributed by atoms with Gasteiger partial charge < -0.3 is 0 Å². The molecule has 0 spiro atoms. The molecule has 89 valence electrons. The van der Waals surface area contributed by atoms with Crippen molar-refractivity contribution in [3.63, 3.8) is 0 Å². The lowest BCUT2D eigenvalue weighted by atomic mass is 10.0. The van der Waals surface area contributed by atoms with Crippen molar-refractivity contribution in [3.8, 4) is 6.07 Å². The van der Waals surface area contributed by atoms with Crippen molar-refractivity contribution in [2.75, 3.05) is 0 Å². The number of hydrogen-bond acceptors (Lipinski definition) is 1. The molecule has 0 aliphatic heterocycles. The van der Waals surface area contributed by atoms with Gasteiger partial charge in [-0.2, -0.15) is 5.26 Å². The van der Waals surface area contributed by atoms with E-state index < -0.39 is 0 Å². The maximum Gasteiger partial charge on any atom is 0.0991 e. The van der Waals surface area contributed by atoms with E-state index in [1.807, 2.05) is 36.8 Å². The highest BCUT2D eigenvalue weighted by molar-refractivity contribution is 6.36. The van der Waals surface area contributed by atoms with Gasteiger partial charge in [0.25, 0.3) is 0 Å².